The van der Waals surface area contributed by atoms with Crippen LogP contribution in [0.15, 0.2) is 48.2 Å². The molecule has 218 valence electrons. The Hall–Kier alpha value is -2.92. The molecular formula is C31H36N2O7S. The van der Waals surface area contributed by atoms with Gasteiger partial charge in [-0.2, -0.15) is 0 Å². The lowest BCUT2D eigenvalue weighted by Gasteiger charge is -2.38. The highest BCUT2D eigenvalue weighted by Crippen LogP contribution is 2.63. The summed E-state index contributed by atoms with van der Waals surface area (Å²) in [6, 6.07) is 8.66. The lowest BCUT2D eigenvalue weighted by molar-refractivity contribution is -0.151. The Morgan fingerprint density at radius 3 is 2.61 bits per heavy atom. The Balaban J connectivity index is 1.30. The highest BCUT2D eigenvalue weighted by atomic mass is 32.1. The maximum absolute atomic E-state index is 13.8. The summed E-state index contributed by atoms with van der Waals surface area (Å²) in [6.45, 7) is 8.17. The van der Waals surface area contributed by atoms with Gasteiger partial charge in [-0.05, 0) is 67.1 Å². The van der Waals surface area contributed by atoms with E-state index < -0.39 is 47.0 Å². The molecule has 1 aromatic carbocycles. The molecule has 2 heterocycles. The molecule has 4 aliphatic rings. The van der Waals surface area contributed by atoms with Crippen LogP contribution in [-0.2, 0) is 14.3 Å². The zero-order valence-electron chi connectivity index (χ0n) is 23.6. The number of carbonyl (C=O) groups excluding carboxylic acids is 3. The Morgan fingerprint density at radius 2 is 1.93 bits per heavy atom. The lowest BCUT2D eigenvalue weighted by Crippen LogP contribution is -2.56. The van der Waals surface area contributed by atoms with Crippen molar-refractivity contribution in [2.24, 2.45) is 29.1 Å². The number of allylic oxidation sites excluding steroid dienone is 1. The van der Waals surface area contributed by atoms with Crippen molar-refractivity contribution < 1.29 is 34.1 Å². The third kappa shape index (κ3) is 4.74. The minimum Gasteiger partial charge on any atom is -0.454 e. The van der Waals surface area contributed by atoms with Crippen LogP contribution in [0.3, 0.4) is 0 Å². The van der Waals surface area contributed by atoms with Crippen LogP contribution in [0.1, 0.15) is 67.0 Å². The molecule has 6 rings (SSSR count). The number of nitrogens with zero attached hydrogens (tertiary/aromatic N) is 1. The zero-order chi connectivity index (χ0) is 29.3. The van der Waals surface area contributed by atoms with Gasteiger partial charge in [-0.3, -0.25) is 14.9 Å². The molecule has 0 bridgehead atoms. The van der Waals surface area contributed by atoms with Crippen molar-refractivity contribution in [3.8, 4) is 0 Å². The summed E-state index contributed by atoms with van der Waals surface area (Å²) < 4.78 is 12.1. The lowest BCUT2D eigenvalue weighted by atomic mass is 9.75. The number of ketones is 1. The van der Waals surface area contributed by atoms with E-state index in [2.05, 4.69) is 24.1 Å². The van der Waals surface area contributed by atoms with Crippen molar-refractivity contribution in [3.05, 3.63) is 58.6 Å². The summed E-state index contributed by atoms with van der Waals surface area (Å²) in [6.07, 6.45) is 2.61. The van der Waals surface area contributed by atoms with Gasteiger partial charge in [0.05, 0.1) is 24.8 Å². The first-order valence-corrected chi connectivity index (χ1v) is 15.0. The van der Waals surface area contributed by atoms with Gasteiger partial charge in [-0.15, -0.1) is 0 Å². The Bertz CT molecular complexity index is 1410. The van der Waals surface area contributed by atoms with Gasteiger partial charge in [0, 0.05) is 5.56 Å². The molecule has 1 aromatic heterocycles. The Labute approximate surface area is 243 Å². The van der Waals surface area contributed by atoms with Crippen LogP contribution in [0.2, 0.25) is 0 Å². The fourth-order valence-corrected chi connectivity index (χ4v) is 7.92. The van der Waals surface area contributed by atoms with Crippen molar-refractivity contribution in [1.82, 2.24) is 4.98 Å². The van der Waals surface area contributed by atoms with E-state index in [0.29, 0.717) is 30.1 Å². The molecule has 1 aliphatic heterocycles. The number of carbonyl (C=O) groups is 3. The number of hydrogen-bond acceptors (Lipinski definition) is 9. The second kappa shape index (κ2) is 9.83. The van der Waals surface area contributed by atoms with E-state index >= 15 is 0 Å². The number of anilines is 1. The van der Waals surface area contributed by atoms with E-state index in [1.807, 2.05) is 12.1 Å². The molecule has 3 N–H and O–H groups in total. The molecule has 2 saturated carbocycles. The smallest absolute Gasteiger partial charge is 0.350 e. The largest absolute Gasteiger partial charge is 0.454 e. The number of ether oxygens (including phenoxy) is 2. The fraction of sp³-hybridized carbons (Fsp3) is 0.548. The summed E-state index contributed by atoms with van der Waals surface area (Å²) in [4.78, 5) is 44.3. The molecule has 2 aromatic rings. The van der Waals surface area contributed by atoms with Crippen LogP contribution in [0.5, 0.6) is 0 Å². The van der Waals surface area contributed by atoms with Crippen molar-refractivity contribution in [1.29, 1.82) is 0 Å². The second-order valence-electron chi connectivity index (χ2n) is 12.8. The highest BCUT2D eigenvalue weighted by Gasteiger charge is 2.68. The molecule has 3 aliphatic carbocycles. The van der Waals surface area contributed by atoms with Crippen LogP contribution in [0.4, 0.5) is 5.13 Å². The molecule has 10 heteroatoms. The van der Waals surface area contributed by atoms with Gasteiger partial charge in [0.25, 0.3) is 5.91 Å². The van der Waals surface area contributed by atoms with Gasteiger partial charge < -0.3 is 19.7 Å². The Morgan fingerprint density at radius 1 is 1.22 bits per heavy atom. The number of aliphatic hydroxyl groups is 2. The summed E-state index contributed by atoms with van der Waals surface area (Å²) in [5.41, 5.74) is -1.88. The second-order valence-corrected chi connectivity index (χ2v) is 13.9. The van der Waals surface area contributed by atoms with Gasteiger partial charge >= 0.3 is 5.97 Å². The standard InChI is InChI=1S/C31H36N2O7S/c1-16-12-20-19(29(20,3)4)10-11-30(15-39-30)25(22-23(34)17(2)13-31(22,38)24(16)35)40-27(37)21-14-32-28(41-21)33-26(36)18-8-6-5-7-9-18/h5-9,12,14,17,19-20,22-23,25,34,38H,10-11,13,15H2,1-4H3,(H,32,33,36)/b16-12+/t17-,19-,20+,22+,23-,25+,30-,31+/m0/s1. The van der Waals surface area contributed by atoms with Gasteiger partial charge in [0.2, 0.25) is 0 Å². The van der Waals surface area contributed by atoms with Gasteiger partial charge in [-0.1, -0.05) is 56.4 Å². The van der Waals surface area contributed by atoms with Crippen molar-refractivity contribution in [3.63, 3.8) is 0 Å². The minimum absolute atomic E-state index is 0.0106. The van der Waals surface area contributed by atoms with E-state index in [0.717, 1.165) is 17.8 Å². The number of hydrogen-bond donors (Lipinski definition) is 3. The van der Waals surface area contributed by atoms with Crippen molar-refractivity contribution in [2.75, 3.05) is 11.9 Å². The Kier molecular flexibility index (Phi) is 6.76. The first-order valence-electron chi connectivity index (χ1n) is 14.2. The first-order chi connectivity index (χ1) is 19.4. The van der Waals surface area contributed by atoms with E-state index in [1.165, 1.54) is 6.20 Å². The minimum atomic E-state index is -1.91. The summed E-state index contributed by atoms with van der Waals surface area (Å²) in [5.74, 6) is -2.43. The SMILES string of the molecule is C/C1=C\[C@@H]2[C@H](CC[C@]3(CO3)[C@H](OC(=O)c3cnc(NC(=O)c4ccccc4)s3)[C@H]3[C@@H](O)[C@@H](C)C[C@]3(O)C1=O)C2(C)C. The number of thiazole rings is 1. The van der Waals surface area contributed by atoms with Gasteiger partial charge in [0.1, 0.15) is 22.2 Å². The summed E-state index contributed by atoms with van der Waals surface area (Å²) in [5, 5.41) is 26.3. The maximum atomic E-state index is 13.8. The first kappa shape index (κ1) is 28.2. The number of fused-ring (bicyclic) bond motifs is 2. The number of Topliss-reactive ketones (excluding diaryl/α,β-unsaturated/α-hetero) is 1. The number of aromatic nitrogens is 1. The van der Waals surface area contributed by atoms with Gasteiger partial charge in [-0.25, -0.2) is 9.78 Å². The molecule has 41 heavy (non-hydrogen) atoms. The van der Waals surface area contributed by atoms with E-state index in [4.69, 9.17) is 9.47 Å². The van der Waals surface area contributed by atoms with E-state index in [1.54, 1.807) is 38.1 Å². The molecule has 0 unspecified atom stereocenters. The number of epoxide rings is 1. The fourth-order valence-electron chi connectivity index (χ4n) is 7.22. The van der Waals surface area contributed by atoms with E-state index in [-0.39, 0.29) is 33.7 Å². The average Bonchev–Trinajstić information content (AvgIpc) is 3.71. The molecule has 8 atom stereocenters. The normalized spacial score (nSPS) is 38.6. The molecule has 3 fully saturated rings. The van der Waals surface area contributed by atoms with Crippen LogP contribution in [0, 0.1) is 29.1 Å². The average molecular weight is 581 g/mol. The number of rotatable bonds is 4. The molecule has 0 radical (unpaired) electrons. The summed E-state index contributed by atoms with van der Waals surface area (Å²) >= 11 is 0.967. The van der Waals surface area contributed by atoms with Gasteiger partial charge in [0.15, 0.2) is 10.9 Å². The van der Waals surface area contributed by atoms with Crippen molar-refractivity contribution in [2.45, 2.75) is 70.4 Å². The zero-order valence-corrected chi connectivity index (χ0v) is 24.4. The quantitative estimate of drug-likeness (QED) is 0.364. The number of aliphatic hydroxyl groups excluding tert-OH is 1. The molecule has 9 nitrogen and oxygen atoms in total. The molecular weight excluding hydrogens is 544 g/mol. The highest BCUT2D eigenvalue weighted by molar-refractivity contribution is 7.17. The number of benzene rings is 1. The van der Waals surface area contributed by atoms with Crippen LogP contribution < -0.4 is 5.32 Å². The number of nitrogens with one attached hydrogen (secondary N) is 1. The predicted octanol–water partition coefficient (Wildman–Crippen LogP) is 4.02. The number of esters is 1. The molecule has 1 amide bonds. The monoisotopic (exact) mass is 580 g/mol. The molecule has 1 saturated heterocycles. The van der Waals surface area contributed by atoms with E-state index in [9.17, 15) is 24.6 Å². The molecule has 1 spiro atoms. The summed E-state index contributed by atoms with van der Waals surface area (Å²) in [7, 11) is 0. The number of amides is 1. The van der Waals surface area contributed by atoms with Crippen LogP contribution in [-0.4, -0.2) is 62.9 Å². The third-order valence-electron chi connectivity index (χ3n) is 9.89. The topological polar surface area (TPSA) is 138 Å². The van der Waals surface area contributed by atoms with Crippen LogP contribution >= 0.6 is 11.3 Å². The maximum Gasteiger partial charge on any atom is 0.350 e. The van der Waals surface area contributed by atoms with Crippen LogP contribution in [0.25, 0.3) is 0 Å². The third-order valence-corrected chi connectivity index (χ3v) is 10.8. The predicted molar refractivity (Wildman–Crippen MR) is 151 cm³/mol. The van der Waals surface area contributed by atoms with Crippen molar-refractivity contribution >= 4 is 34.1 Å².